The van der Waals surface area contributed by atoms with Gasteiger partial charge in [-0.15, -0.1) is 0 Å². The minimum atomic E-state index is -0.517. The van der Waals surface area contributed by atoms with Crippen molar-refractivity contribution in [2.75, 3.05) is 12.4 Å². The average molecular weight is 360 g/mol. The van der Waals surface area contributed by atoms with Crippen molar-refractivity contribution in [1.29, 1.82) is 5.26 Å². The molecule has 2 aromatic rings. The fourth-order valence-corrected chi connectivity index (χ4v) is 2.43. The summed E-state index contributed by atoms with van der Waals surface area (Å²) in [5.74, 6) is -0.517. The van der Waals surface area contributed by atoms with E-state index in [1.165, 1.54) is 6.20 Å². The number of anilines is 1. The van der Waals surface area contributed by atoms with E-state index >= 15 is 0 Å². The van der Waals surface area contributed by atoms with Gasteiger partial charge in [-0.05, 0) is 23.8 Å². The van der Waals surface area contributed by atoms with Gasteiger partial charge in [-0.25, -0.2) is 0 Å². The van der Waals surface area contributed by atoms with Gasteiger partial charge in [0.25, 0.3) is 5.91 Å². The second kappa shape index (κ2) is 8.39. The number of benzene rings is 2. The molecule has 1 amide bonds. The van der Waals surface area contributed by atoms with Crippen molar-refractivity contribution in [3.63, 3.8) is 0 Å². The summed E-state index contributed by atoms with van der Waals surface area (Å²) >= 11 is 12.1. The molecule has 0 aliphatic rings. The molecular formula is C18H15Cl2N3O. The zero-order valence-electron chi connectivity index (χ0n) is 13.0. The lowest BCUT2D eigenvalue weighted by molar-refractivity contribution is -0.112. The van der Waals surface area contributed by atoms with E-state index in [0.29, 0.717) is 22.3 Å². The second-order valence-electron chi connectivity index (χ2n) is 5.10. The second-order valence-corrected chi connectivity index (χ2v) is 5.91. The molecule has 1 N–H and O–H groups in total. The minimum absolute atomic E-state index is 0.0236. The van der Waals surface area contributed by atoms with Crippen LogP contribution in [0.5, 0.6) is 0 Å². The van der Waals surface area contributed by atoms with Crippen molar-refractivity contribution in [1.82, 2.24) is 4.90 Å². The Kier molecular flexibility index (Phi) is 6.25. The van der Waals surface area contributed by atoms with Crippen molar-refractivity contribution >= 4 is 34.8 Å². The van der Waals surface area contributed by atoms with E-state index in [-0.39, 0.29) is 5.57 Å². The zero-order valence-corrected chi connectivity index (χ0v) is 14.5. The SMILES string of the molecule is CN(C=C(C#N)C(=O)Nc1ccccc1Cl)Cc1ccccc1Cl. The van der Waals surface area contributed by atoms with Crippen molar-refractivity contribution in [2.24, 2.45) is 0 Å². The Labute approximate surface area is 150 Å². The van der Waals surface area contributed by atoms with Crippen molar-refractivity contribution in [3.8, 4) is 6.07 Å². The third-order valence-corrected chi connectivity index (χ3v) is 3.91. The first kappa shape index (κ1) is 17.9. The molecule has 0 atom stereocenters. The maximum atomic E-state index is 12.2. The smallest absolute Gasteiger partial charge is 0.267 e. The van der Waals surface area contributed by atoms with Gasteiger partial charge in [0.1, 0.15) is 11.6 Å². The summed E-state index contributed by atoms with van der Waals surface area (Å²) in [6.45, 7) is 0.476. The molecule has 0 fully saturated rings. The predicted octanol–water partition coefficient (Wildman–Crippen LogP) is 4.47. The third kappa shape index (κ3) is 4.76. The van der Waals surface area contributed by atoms with Gasteiger partial charge >= 0.3 is 0 Å². The average Bonchev–Trinajstić information content (AvgIpc) is 2.56. The molecule has 4 nitrogen and oxygen atoms in total. The van der Waals surface area contributed by atoms with Gasteiger partial charge in [0, 0.05) is 24.8 Å². The Morgan fingerprint density at radius 1 is 1.17 bits per heavy atom. The van der Waals surface area contributed by atoms with Crippen molar-refractivity contribution < 1.29 is 4.79 Å². The monoisotopic (exact) mass is 359 g/mol. The highest BCUT2D eigenvalue weighted by atomic mass is 35.5. The van der Waals surface area contributed by atoms with E-state index in [1.807, 2.05) is 24.3 Å². The first-order valence-electron chi connectivity index (χ1n) is 7.12. The number of amides is 1. The van der Waals surface area contributed by atoms with Crippen LogP contribution >= 0.6 is 23.2 Å². The summed E-state index contributed by atoms with van der Waals surface area (Å²) in [6.07, 6.45) is 1.48. The van der Waals surface area contributed by atoms with Gasteiger partial charge in [0.15, 0.2) is 0 Å². The first-order chi connectivity index (χ1) is 11.5. The van der Waals surface area contributed by atoms with Crippen LogP contribution in [0.3, 0.4) is 0 Å². The van der Waals surface area contributed by atoms with Crippen LogP contribution in [-0.2, 0) is 11.3 Å². The molecule has 0 radical (unpaired) electrons. The number of halogens is 2. The Morgan fingerprint density at radius 3 is 2.42 bits per heavy atom. The largest absolute Gasteiger partial charge is 0.375 e. The number of hydrogen-bond acceptors (Lipinski definition) is 3. The Balaban J connectivity index is 2.11. The van der Waals surface area contributed by atoms with E-state index in [4.69, 9.17) is 23.2 Å². The van der Waals surface area contributed by atoms with Gasteiger partial charge in [-0.2, -0.15) is 5.26 Å². The molecule has 122 valence electrons. The van der Waals surface area contributed by atoms with Crippen molar-refractivity contribution in [3.05, 3.63) is 75.9 Å². The van der Waals surface area contributed by atoms with E-state index in [0.717, 1.165) is 5.56 Å². The van der Waals surface area contributed by atoms with Crippen molar-refractivity contribution in [2.45, 2.75) is 6.54 Å². The van der Waals surface area contributed by atoms with Gasteiger partial charge in [-0.1, -0.05) is 53.5 Å². The van der Waals surface area contributed by atoms with E-state index in [1.54, 1.807) is 42.3 Å². The van der Waals surface area contributed by atoms with Crippen LogP contribution in [0.2, 0.25) is 10.0 Å². The minimum Gasteiger partial charge on any atom is -0.375 e. The Hall–Kier alpha value is -2.48. The lowest BCUT2D eigenvalue weighted by Gasteiger charge is -2.16. The molecule has 0 bridgehead atoms. The molecule has 0 aliphatic heterocycles. The number of carbonyl (C=O) groups excluding carboxylic acids is 1. The highest BCUT2D eigenvalue weighted by Crippen LogP contribution is 2.21. The van der Waals surface area contributed by atoms with Gasteiger partial charge < -0.3 is 10.2 Å². The molecular weight excluding hydrogens is 345 g/mol. The first-order valence-corrected chi connectivity index (χ1v) is 7.88. The molecule has 0 unspecified atom stereocenters. The molecule has 0 aliphatic carbocycles. The summed E-state index contributed by atoms with van der Waals surface area (Å²) in [5, 5.41) is 12.9. The number of hydrogen-bond donors (Lipinski definition) is 1. The number of nitriles is 1. The standard InChI is InChI=1S/C18H15Cl2N3O/c1-23(11-13-6-2-3-7-15(13)19)12-14(10-21)18(24)22-17-9-5-4-8-16(17)20/h2-9,12H,11H2,1H3,(H,22,24). The fraction of sp³-hybridized carbons (Fsp3) is 0.111. The van der Waals surface area contributed by atoms with Gasteiger partial charge in [0.05, 0.1) is 10.7 Å². The molecule has 0 heterocycles. The molecule has 0 aromatic heterocycles. The number of rotatable bonds is 5. The Bertz CT molecular complexity index is 812. The van der Waals surface area contributed by atoms with Crippen LogP contribution in [0, 0.1) is 11.3 Å². The molecule has 0 saturated heterocycles. The maximum absolute atomic E-state index is 12.2. The normalized spacial score (nSPS) is 10.8. The van der Waals surface area contributed by atoms with E-state index in [9.17, 15) is 10.1 Å². The highest BCUT2D eigenvalue weighted by Gasteiger charge is 2.12. The quantitative estimate of drug-likeness (QED) is 0.632. The summed E-state index contributed by atoms with van der Waals surface area (Å²) in [5.41, 5.74) is 1.34. The van der Waals surface area contributed by atoms with Crippen LogP contribution in [0.4, 0.5) is 5.69 Å². The third-order valence-electron chi connectivity index (χ3n) is 3.21. The van der Waals surface area contributed by atoms with E-state index < -0.39 is 5.91 Å². The number of nitrogens with one attached hydrogen (secondary N) is 1. The van der Waals surface area contributed by atoms with Crippen LogP contribution < -0.4 is 5.32 Å². The molecule has 0 saturated carbocycles. The van der Waals surface area contributed by atoms with E-state index in [2.05, 4.69) is 5.32 Å². The molecule has 2 rings (SSSR count). The summed E-state index contributed by atoms with van der Waals surface area (Å²) < 4.78 is 0. The van der Waals surface area contributed by atoms with Gasteiger partial charge in [0.2, 0.25) is 0 Å². The van der Waals surface area contributed by atoms with Crippen LogP contribution in [0.25, 0.3) is 0 Å². The maximum Gasteiger partial charge on any atom is 0.267 e. The summed E-state index contributed by atoms with van der Waals surface area (Å²) in [7, 11) is 1.77. The van der Waals surface area contributed by atoms with Crippen LogP contribution in [0.1, 0.15) is 5.56 Å². The summed E-state index contributed by atoms with van der Waals surface area (Å²) in [6, 6.07) is 16.2. The number of para-hydroxylation sites is 1. The molecule has 24 heavy (non-hydrogen) atoms. The zero-order chi connectivity index (χ0) is 17.5. The summed E-state index contributed by atoms with van der Waals surface area (Å²) in [4.78, 5) is 14.0. The number of carbonyl (C=O) groups is 1. The number of nitrogens with zero attached hydrogens (tertiary/aromatic N) is 2. The predicted molar refractivity (Wildman–Crippen MR) is 96.7 cm³/mol. The lowest BCUT2D eigenvalue weighted by atomic mass is 10.2. The molecule has 6 heteroatoms. The fourth-order valence-electron chi connectivity index (χ4n) is 2.05. The molecule has 2 aromatic carbocycles. The van der Waals surface area contributed by atoms with Gasteiger partial charge in [-0.3, -0.25) is 4.79 Å². The molecule has 0 spiro atoms. The highest BCUT2D eigenvalue weighted by molar-refractivity contribution is 6.34. The lowest BCUT2D eigenvalue weighted by Crippen LogP contribution is -2.18. The van der Waals surface area contributed by atoms with Crippen LogP contribution in [-0.4, -0.2) is 17.9 Å². The topological polar surface area (TPSA) is 56.1 Å². The van der Waals surface area contributed by atoms with Crippen LogP contribution in [0.15, 0.2) is 60.3 Å². The Morgan fingerprint density at radius 2 is 1.79 bits per heavy atom.